The Morgan fingerprint density at radius 3 is 2.71 bits per heavy atom. The Morgan fingerprint density at radius 2 is 2.14 bits per heavy atom. The molecule has 1 aliphatic rings. The van der Waals surface area contributed by atoms with Crippen LogP contribution in [0.4, 0.5) is 11.4 Å². The predicted octanol–water partition coefficient (Wildman–Crippen LogP) is 0.635. The van der Waals surface area contributed by atoms with Crippen LogP contribution in [0.25, 0.3) is 0 Å². The van der Waals surface area contributed by atoms with E-state index in [2.05, 4.69) is 5.32 Å². The Kier molecular flexibility index (Phi) is 4.41. The van der Waals surface area contributed by atoms with Gasteiger partial charge in [0.2, 0.25) is 5.91 Å². The third-order valence-electron chi connectivity index (χ3n) is 3.81. The number of nitrogens with one attached hydrogen (secondary N) is 1. The molecule has 0 saturated carbocycles. The van der Waals surface area contributed by atoms with E-state index < -0.39 is 9.84 Å². The number of hydrogen-bond acceptors (Lipinski definition) is 5. The summed E-state index contributed by atoms with van der Waals surface area (Å²) in [4.78, 5) is 14.0. The highest BCUT2D eigenvalue weighted by molar-refractivity contribution is 7.90. The smallest absolute Gasteiger partial charge is 0.224 e. The highest BCUT2D eigenvalue weighted by Gasteiger charge is 2.26. The van der Waals surface area contributed by atoms with Crippen LogP contribution in [0.15, 0.2) is 23.1 Å². The molecule has 1 aromatic rings. The van der Waals surface area contributed by atoms with Crippen molar-refractivity contribution in [3.8, 4) is 0 Å². The lowest BCUT2D eigenvalue weighted by molar-refractivity contribution is -0.124. The number of nitrogen functional groups attached to an aromatic ring is 1. The van der Waals surface area contributed by atoms with Gasteiger partial charge in [-0.1, -0.05) is 0 Å². The van der Waals surface area contributed by atoms with Crippen LogP contribution in [0.5, 0.6) is 0 Å². The molecular formula is C14H21N3O3S. The normalized spacial score (nSPS) is 19.3. The van der Waals surface area contributed by atoms with Crippen molar-refractivity contribution in [1.29, 1.82) is 0 Å². The van der Waals surface area contributed by atoms with Gasteiger partial charge in [0, 0.05) is 26.4 Å². The summed E-state index contributed by atoms with van der Waals surface area (Å²) in [5.41, 5.74) is 7.21. The van der Waals surface area contributed by atoms with Gasteiger partial charge in [-0.05, 0) is 31.0 Å². The van der Waals surface area contributed by atoms with E-state index in [1.54, 1.807) is 19.2 Å². The van der Waals surface area contributed by atoms with Gasteiger partial charge in [-0.2, -0.15) is 0 Å². The van der Waals surface area contributed by atoms with Gasteiger partial charge in [0.25, 0.3) is 0 Å². The molecule has 1 fully saturated rings. The first kappa shape index (κ1) is 15.6. The maximum Gasteiger partial charge on any atom is 0.224 e. The van der Waals surface area contributed by atoms with Gasteiger partial charge in [0.15, 0.2) is 9.84 Å². The third kappa shape index (κ3) is 3.47. The molecule has 1 amide bonds. The topological polar surface area (TPSA) is 92.5 Å². The van der Waals surface area contributed by atoms with E-state index >= 15 is 0 Å². The fraction of sp³-hybridized carbons (Fsp3) is 0.500. The molecule has 21 heavy (non-hydrogen) atoms. The Bertz CT molecular complexity index is 643. The molecule has 3 N–H and O–H groups in total. The van der Waals surface area contributed by atoms with Crippen LogP contribution in [0, 0.1) is 5.92 Å². The van der Waals surface area contributed by atoms with Crippen LogP contribution in [-0.2, 0) is 14.6 Å². The first-order chi connectivity index (χ1) is 9.82. The lowest BCUT2D eigenvalue weighted by Crippen LogP contribution is -2.42. The van der Waals surface area contributed by atoms with Gasteiger partial charge in [0.05, 0.1) is 22.2 Å². The van der Waals surface area contributed by atoms with Crippen molar-refractivity contribution in [2.45, 2.75) is 17.7 Å². The lowest BCUT2D eigenvalue weighted by Gasteiger charge is -2.34. The number of nitrogens with zero attached hydrogens (tertiary/aromatic N) is 1. The van der Waals surface area contributed by atoms with Crippen molar-refractivity contribution in [3.63, 3.8) is 0 Å². The number of hydrogen-bond donors (Lipinski definition) is 2. The standard InChI is InChI=1S/C14H21N3O3S/c1-16-14(18)10-4-3-7-17(9-10)13-6-5-11(8-12(13)15)21(2,19)20/h5-6,8,10H,3-4,7,9,15H2,1-2H3,(H,16,18). The minimum absolute atomic E-state index is 0.0334. The van der Waals surface area contributed by atoms with E-state index in [0.29, 0.717) is 12.2 Å². The summed E-state index contributed by atoms with van der Waals surface area (Å²) >= 11 is 0. The van der Waals surface area contributed by atoms with Gasteiger partial charge in [-0.3, -0.25) is 4.79 Å². The molecule has 1 heterocycles. The summed E-state index contributed by atoms with van der Waals surface area (Å²) < 4.78 is 23.1. The largest absolute Gasteiger partial charge is 0.397 e. The van der Waals surface area contributed by atoms with E-state index in [0.717, 1.165) is 31.3 Å². The molecule has 1 atom stereocenters. The van der Waals surface area contributed by atoms with E-state index in [9.17, 15) is 13.2 Å². The van der Waals surface area contributed by atoms with Crippen molar-refractivity contribution in [2.75, 3.05) is 37.0 Å². The molecule has 6 nitrogen and oxygen atoms in total. The fourth-order valence-electron chi connectivity index (χ4n) is 2.67. The molecule has 0 aliphatic carbocycles. The average Bonchev–Trinajstić information content (AvgIpc) is 2.45. The van der Waals surface area contributed by atoms with Gasteiger partial charge in [-0.15, -0.1) is 0 Å². The molecule has 0 radical (unpaired) electrons. The quantitative estimate of drug-likeness (QED) is 0.799. The van der Waals surface area contributed by atoms with Crippen LogP contribution < -0.4 is 16.0 Å². The fourth-order valence-corrected chi connectivity index (χ4v) is 3.32. The van der Waals surface area contributed by atoms with E-state index in [4.69, 9.17) is 5.73 Å². The van der Waals surface area contributed by atoms with Crippen LogP contribution in [-0.4, -0.2) is 40.7 Å². The molecule has 116 valence electrons. The molecule has 0 spiro atoms. The summed E-state index contributed by atoms with van der Waals surface area (Å²) in [7, 11) is -1.63. The third-order valence-corrected chi connectivity index (χ3v) is 4.92. The maximum atomic E-state index is 11.8. The number of carbonyl (C=O) groups excluding carboxylic acids is 1. The molecule has 1 saturated heterocycles. The van der Waals surface area contributed by atoms with Gasteiger partial charge >= 0.3 is 0 Å². The SMILES string of the molecule is CNC(=O)C1CCCN(c2ccc(S(C)(=O)=O)cc2N)C1. The van der Waals surface area contributed by atoms with E-state index in [1.165, 1.54) is 6.07 Å². The van der Waals surface area contributed by atoms with Crippen molar-refractivity contribution in [1.82, 2.24) is 5.32 Å². The summed E-state index contributed by atoms with van der Waals surface area (Å²) in [5.74, 6) is -0.0243. The zero-order chi connectivity index (χ0) is 15.6. The molecular weight excluding hydrogens is 290 g/mol. The monoisotopic (exact) mass is 311 g/mol. The Hall–Kier alpha value is -1.76. The van der Waals surface area contributed by atoms with Crippen LogP contribution in [0.3, 0.4) is 0 Å². The second-order valence-corrected chi connectivity index (χ2v) is 7.41. The van der Waals surface area contributed by atoms with Gasteiger partial charge in [-0.25, -0.2) is 8.42 Å². The molecule has 2 rings (SSSR count). The minimum Gasteiger partial charge on any atom is -0.397 e. The first-order valence-electron chi connectivity index (χ1n) is 6.89. The Morgan fingerprint density at radius 1 is 1.43 bits per heavy atom. The zero-order valence-electron chi connectivity index (χ0n) is 12.3. The minimum atomic E-state index is -3.26. The van der Waals surface area contributed by atoms with E-state index in [-0.39, 0.29) is 16.7 Å². The highest BCUT2D eigenvalue weighted by atomic mass is 32.2. The number of carbonyl (C=O) groups is 1. The predicted molar refractivity (Wildman–Crippen MR) is 83.0 cm³/mol. The molecule has 1 unspecified atom stereocenters. The number of amides is 1. The van der Waals surface area contributed by atoms with E-state index in [1.807, 2.05) is 4.90 Å². The van der Waals surface area contributed by atoms with Crippen molar-refractivity contribution in [3.05, 3.63) is 18.2 Å². The summed E-state index contributed by atoms with van der Waals surface area (Å²) in [6, 6.07) is 4.76. The number of benzene rings is 1. The number of piperidine rings is 1. The number of nitrogens with two attached hydrogens (primary N) is 1. The zero-order valence-corrected chi connectivity index (χ0v) is 13.1. The average molecular weight is 311 g/mol. The number of sulfone groups is 1. The molecule has 7 heteroatoms. The maximum absolute atomic E-state index is 11.8. The van der Waals surface area contributed by atoms with Crippen LogP contribution in [0.1, 0.15) is 12.8 Å². The number of rotatable bonds is 3. The second kappa shape index (κ2) is 5.93. The van der Waals surface area contributed by atoms with Crippen molar-refractivity contribution in [2.24, 2.45) is 5.92 Å². The van der Waals surface area contributed by atoms with Crippen molar-refractivity contribution < 1.29 is 13.2 Å². The summed E-state index contributed by atoms with van der Waals surface area (Å²) in [5, 5.41) is 2.67. The molecule has 1 aliphatic heterocycles. The lowest BCUT2D eigenvalue weighted by atomic mass is 9.96. The Balaban J connectivity index is 2.24. The van der Waals surface area contributed by atoms with Crippen LogP contribution in [0.2, 0.25) is 0 Å². The second-order valence-electron chi connectivity index (χ2n) is 5.39. The highest BCUT2D eigenvalue weighted by Crippen LogP contribution is 2.30. The Labute approximate surface area is 125 Å². The van der Waals surface area contributed by atoms with Gasteiger partial charge in [0.1, 0.15) is 0 Å². The number of anilines is 2. The van der Waals surface area contributed by atoms with Gasteiger partial charge < -0.3 is 16.0 Å². The summed E-state index contributed by atoms with van der Waals surface area (Å²) in [6.45, 7) is 1.41. The van der Waals surface area contributed by atoms with Crippen LogP contribution >= 0.6 is 0 Å². The molecule has 0 bridgehead atoms. The molecule has 1 aromatic carbocycles. The van der Waals surface area contributed by atoms with Crippen molar-refractivity contribution >= 4 is 27.1 Å². The summed E-state index contributed by atoms with van der Waals surface area (Å²) in [6.07, 6.45) is 2.92. The molecule has 0 aromatic heterocycles. The first-order valence-corrected chi connectivity index (χ1v) is 8.78.